The molecule has 0 saturated carbocycles. The van der Waals surface area contributed by atoms with E-state index in [9.17, 15) is 0 Å². The summed E-state index contributed by atoms with van der Waals surface area (Å²) in [6.45, 7) is 0. The third-order valence-corrected chi connectivity index (χ3v) is 5.49. The first-order chi connectivity index (χ1) is 10.9. The Balaban J connectivity index is 0.000000615. The van der Waals surface area contributed by atoms with Crippen molar-refractivity contribution in [2.24, 2.45) is 0 Å². The topological polar surface area (TPSA) is 58.7 Å². The number of nitrogens with zero attached hydrogens (tertiary/aromatic N) is 3. The molecule has 0 bridgehead atoms. The van der Waals surface area contributed by atoms with Gasteiger partial charge in [0, 0.05) is 0 Å². The van der Waals surface area contributed by atoms with Crippen LogP contribution in [0.5, 0.6) is 0 Å². The molecule has 3 rings (SSSR count). The Kier molecular flexibility index (Phi) is 9.31. The minimum atomic E-state index is -0.446. The fraction of sp³-hybridized carbons (Fsp3) is 0. The minimum Gasteiger partial charge on any atom is -0.373 e. The van der Waals surface area contributed by atoms with Crippen molar-refractivity contribution in [2.75, 3.05) is 0 Å². The molecular formula is C18H15N3NaP. The fourth-order valence-corrected chi connectivity index (χ4v) is 4.48. The molecule has 5 heteroatoms. The van der Waals surface area contributed by atoms with Crippen LogP contribution in [0.3, 0.4) is 0 Å². The summed E-state index contributed by atoms with van der Waals surface area (Å²) in [5.41, 5.74) is 13.5. The van der Waals surface area contributed by atoms with Crippen molar-refractivity contribution in [3.05, 3.63) is 107 Å². The molecule has 0 unspecified atom stereocenters. The molecule has 0 N–H and O–H groups in total. The normalized spacial score (nSPS) is 9.09. The van der Waals surface area contributed by atoms with Crippen molar-refractivity contribution in [1.82, 2.24) is 0 Å². The van der Waals surface area contributed by atoms with Gasteiger partial charge in [0.1, 0.15) is 0 Å². The SMILES string of the molecule is [N-]=[N+]=[N-].[Na+].c1ccc(P(c2ccccc2)c2ccccc2)cc1. The zero-order valence-corrected chi connectivity index (χ0v) is 15.8. The summed E-state index contributed by atoms with van der Waals surface area (Å²) in [7, 11) is -0.446. The Morgan fingerprint density at radius 3 is 0.957 bits per heavy atom. The Labute approximate surface area is 159 Å². The molecule has 0 aliphatic rings. The molecule has 0 atom stereocenters. The third kappa shape index (κ3) is 5.84. The van der Waals surface area contributed by atoms with Gasteiger partial charge in [-0.15, -0.1) is 0 Å². The molecule has 3 aromatic carbocycles. The number of hydrogen-bond donors (Lipinski definition) is 0. The van der Waals surface area contributed by atoms with E-state index in [-0.39, 0.29) is 29.6 Å². The van der Waals surface area contributed by atoms with Crippen LogP contribution in [0, 0.1) is 0 Å². The van der Waals surface area contributed by atoms with Crippen LogP contribution in [0.2, 0.25) is 0 Å². The predicted octanol–water partition coefficient (Wildman–Crippen LogP) is 1.31. The average Bonchev–Trinajstić information content (AvgIpc) is 2.59. The second-order valence-corrected chi connectivity index (χ2v) is 6.65. The van der Waals surface area contributed by atoms with E-state index in [1.54, 1.807) is 0 Å². The monoisotopic (exact) mass is 327 g/mol. The second kappa shape index (κ2) is 11.0. The Morgan fingerprint density at radius 1 is 0.522 bits per heavy atom. The summed E-state index contributed by atoms with van der Waals surface area (Å²) in [5, 5.41) is 4.19. The van der Waals surface area contributed by atoms with Gasteiger partial charge >= 0.3 is 29.6 Å². The summed E-state index contributed by atoms with van der Waals surface area (Å²) < 4.78 is 0. The van der Waals surface area contributed by atoms with Crippen LogP contribution < -0.4 is 45.5 Å². The van der Waals surface area contributed by atoms with Crippen LogP contribution in [0.1, 0.15) is 0 Å². The third-order valence-electron chi connectivity index (χ3n) is 3.04. The standard InChI is InChI=1S/C18H15P.N3.Na/c1-4-10-16(11-5-1)19(17-12-6-2-7-13-17)18-14-8-3-9-15-18;1-3-2;/h1-15H;;/q;-1;+1. The number of benzene rings is 3. The summed E-state index contributed by atoms with van der Waals surface area (Å²) in [5.74, 6) is 0. The molecule has 0 radical (unpaired) electrons. The Morgan fingerprint density at radius 2 is 0.739 bits per heavy atom. The van der Waals surface area contributed by atoms with Crippen molar-refractivity contribution in [3.8, 4) is 0 Å². The van der Waals surface area contributed by atoms with Crippen molar-refractivity contribution < 1.29 is 29.6 Å². The van der Waals surface area contributed by atoms with Gasteiger partial charge in [0.15, 0.2) is 0 Å². The number of hydrogen-bond acceptors (Lipinski definition) is 0. The largest absolute Gasteiger partial charge is 1.00 e. The maximum atomic E-state index is 6.75. The zero-order valence-electron chi connectivity index (χ0n) is 12.9. The molecule has 0 heterocycles. The maximum absolute atomic E-state index is 6.75. The Hall–Kier alpha value is -1.60. The minimum absolute atomic E-state index is 0. The molecule has 0 aromatic heterocycles. The zero-order chi connectivity index (χ0) is 15.6. The molecular weight excluding hydrogens is 312 g/mol. The van der Waals surface area contributed by atoms with Crippen LogP contribution >= 0.6 is 7.92 Å². The first-order valence-electron chi connectivity index (χ1n) is 6.80. The van der Waals surface area contributed by atoms with Gasteiger partial charge in [0.2, 0.25) is 0 Å². The molecule has 0 spiro atoms. The smallest absolute Gasteiger partial charge is 0.373 e. The van der Waals surface area contributed by atoms with Crippen molar-refractivity contribution in [3.63, 3.8) is 0 Å². The molecule has 0 saturated heterocycles. The number of rotatable bonds is 3. The van der Waals surface area contributed by atoms with Gasteiger partial charge in [-0.1, -0.05) is 91.0 Å². The van der Waals surface area contributed by atoms with E-state index >= 15 is 0 Å². The molecule has 3 aromatic rings. The van der Waals surface area contributed by atoms with Crippen molar-refractivity contribution in [2.45, 2.75) is 0 Å². The van der Waals surface area contributed by atoms with Crippen LogP contribution in [0.15, 0.2) is 91.0 Å². The molecule has 3 nitrogen and oxygen atoms in total. The first-order valence-corrected chi connectivity index (χ1v) is 8.14. The average molecular weight is 327 g/mol. The van der Waals surface area contributed by atoms with Gasteiger partial charge < -0.3 is 11.1 Å². The summed E-state index contributed by atoms with van der Waals surface area (Å²) in [4.78, 5) is 1.50. The van der Waals surface area contributed by atoms with E-state index in [1.807, 2.05) is 0 Å². The maximum Gasteiger partial charge on any atom is 1.00 e. The Bertz CT molecular complexity index is 621. The van der Waals surface area contributed by atoms with Crippen molar-refractivity contribution >= 4 is 23.8 Å². The molecule has 23 heavy (non-hydrogen) atoms. The molecule has 0 aliphatic carbocycles. The first kappa shape index (κ1) is 19.4. The van der Waals surface area contributed by atoms with Gasteiger partial charge in [-0.2, -0.15) is 0 Å². The molecule has 0 fully saturated rings. The van der Waals surface area contributed by atoms with Crippen LogP contribution in [-0.4, -0.2) is 0 Å². The molecule has 0 amide bonds. The van der Waals surface area contributed by atoms with Crippen LogP contribution in [0.4, 0.5) is 0 Å². The van der Waals surface area contributed by atoms with E-state index in [1.165, 1.54) is 20.8 Å². The van der Waals surface area contributed by atoms with Gasteiger partial charge in [0.05, 0.1) is 0 Å². The van der Waals surface area contributed by atoms with E-state index in [4.69, 9.17) is 11.1 Å². The summed E-state index contributed by atoms with van der Waals surface area (Å²) >= 11 is 0. The second-order valence-electron chi connectivity index (χ2n) is 4.43. The van der Waals surface area contributed by atoms with Gasteiger partial charge in [-0.3, -0.25) is 4.91 Å². The van der Waals surface area contributed by atoms with Gasteiger partial charge in [-0.05, 0) is 23.8 Å². The summed E-state index contributed by atoms with van der Waals surface area (Å²) in [6, 6.07) is 32.3. The van der Waals surface area contributed by atoms with E-state index < -0.39 is 7.92 Å². The quantitative estimate of drug-likeness (QED) is 0.229. The van der Waals surface area contributed by atoms with Gasteiger partial charge in [-0.25, -0.2) is 0 Å². The predicted molar refractivity (Wildman–Crippen MR) is 95.2 cm³/mol. The molecule has 108 valence electrons. The van der Waals surface area contributed by atoms with Crippen LogP contribution in [-0.2, 0) is 0 Å². The van der Waals surface area contributed by atoms with E-state index in [2.05, 4.69) is 91.0 Å². The van der Waals surface area contributed by atoms with Crippen molar-refractivity contribution in [1.29, 1.82) is 0 Å². The van der Waals surface area contributed by atoms with E-state index in [0.29, 0.717) is 0 Å². The van der Waals surface area contributed by atoms with E-state index in [0.717, 1.165) is 0 Å². The van der Waals surface area contributed by atoms with Crippen LogP contribution in [0.25, 0.3) is 16.0 Å². The van der Waals surface area contributed by atoms with Gasteiger partial charge in [0.25, 0.3) is 0 Å². The summed E-state index contributed by atoms with van der Waals surface area (Å²) in [6.07, 6.45) is 0. The molecule has 0 aliphatic heterocycles. The fourth-order valence-electron chi connectivity index (χ4n) is 2.18.